The Morgan fingerprint density at radius 3 is 2.39 bits per heavy atom. The molecule has 3 amide bonds. The van der Waals surface area contributed by atoms with Gasteiger partial charge in [0.15, 0.2) is 15.9 Å². The SMILES string of the molecule is CCN(C(=O)[C@H](C)OC(=O)c1ccc2c(c1)C(=O)N(CCC(C)C)C2=O)[C@H]1CCS(=O)(=O)C1. The molecule has 0 unspecified atom stereocenters. The van der Waals surface area contributed by atoms with Gasteiger partial charge in [-0.05, 0) is 50.8 Å². The Kier molecular flexibility index (Phi) is 7.26. The van der Waals surface area contributed by atoms with Crippen molar-refractivity contribution in [3.63, 3.8) is 0 Å². The molecule has 2 aliphatic rings. The number of hydrogen-bond donors (Lipinski definition) is 0. The van der Waals surface area contributed by atoms with Crippen LogP contribution in [0.25, 0.3) is 0 Å². The van der Waals surface area contributed by atoms with Crippen molar-refractivity contribution in [3.8, 4) is 0 Å². The minimum Gasteiger partial charge on any atom is -0.449 e. The standard InChI is InChI=1S/C23H30N2O7S/c1-5-24(17-9-11-33(30,31)13-17)20(26)15(4)32-23(29)16-6-7-18-19(12-16)22(28)25(21(18)27)10-8-14(2)3/h6-7,12,14-15,17H,5,8-11,13H2,1-4H3/t15-,17-/m0/s1. The third kappa shape index (κ3) is 5.26. The predicted molar refractivity (Wildman–Crippen MR) is 121 cm³/mol. The number of carbonyl (C=O) groups is 4. The minimum absolute atomic E-state index is 0.0334. The van der Waals surface area contributed by atoms with Crippen molar-refractivity contribution in [2.75, 3.05) is 24.6 Å². The summed E-state index contributed by atoms with van der Waals surface area (Å²) >= 11 is 0. The fourth-order valence-corrected chi connectivity index (χ4v) is 5.87. The fourth-order valence-electron chi connectivity index (χ4n) is 4.14. The molecule has 2 aliphatic heterocycles. The lowest BCUT2D eigenvalue weighted by molar-refractivity contribution is -0.141. The van der Waals surface area contributed by atoms with Crippen LogP contribution in [0, 0.1) is 5.92 Å². The summed E-state index contributed by atoms with van der Waals surface area (Å²) in [6.07, 6.45) is -0.0959. The zero-order valence-electron chi connectivity index (χ0n) is 19.4. The highest BCUT2D eigenvalue weighted by molar-refractivity contribution is 7.91. The van der Waals surface area contributed by atoms with Crippen LogP contribution in [0.1, 0.15) is 71.6 Å². The molecule has 9 nitrogen and oxygen atoms in total. The van der Waals surface area contributed by atoms with E-state index < -0.39 is 39.8 Å². The zero-order valence-corrected chi connectivity index (χ0v) is 20.2. The topological polar surface area (TPSA) is 118 Å². The molecule has 1 aromatic rings. The third-order valence-corrected chi connectivity index (χ3v) is 7.79. The second kappa shape index (κ2) is 9.62. The molecule has 0 saturated carbocycles. The minimum atomic E-state index is -3.17. The van der Waals surface area contributed by atoms with E-state index >= 15 is 0 Å². The normalized spacial score (nSPS) is 20.2. The largest absolute Gasteiger partial charge is 0.449 e. The summed E-state index contributed by atoms with van der Waals surface area (Å²) in [6, 6.07) is 3.71. The molecule has 3 rings (SSSR count). The molecule has 0 aliphatic carbocycles. The monoisotopic (exact) mass is 478 g/mol. The van der Waals surface area contributed by atoms with Crippen LogP contribution in [-0.4, -0.2) is 78.6 Å². The van der Waals surface area contributed by atoms with Crippen molar-refractivity contribution in [3.05, 3.63) is 34.9 Å². The number of carbonyl (C=O) groups excluding carboxylic acids is 4. The first-order valence-corrected chi connectivity index (χ1v) is 13.0. The molecule has 1 aromatic carbocycles. The highest BCUT2D eigenvalue weighted by atomic mass is 32.2. The number of rotatable bonds is 8. The summed E-state index contributed by atoms with van der Waals surface area (Å²) in [4.78, 5) is 53.4. The van der Waals surface area contributed by atoms with Gasteiger partial charge in [0.1, 0.15) is 0 Å². The Bertz CT molecular complexity index is 1080. The zero-order chi connectivity index (χ0) is 24.5. The molecule has 0 spiro atoms. The van der Waals surface area contributed by atoms with E-state index in [1.807, 2.05) is 13.8 Å². The number of nitrogens with zero attached hydrogens (tertiary/aromatic N) is 2. The predicted octanol–water partition coefficient (Wildman–Crippen LogP) is 1.91. The van der Waals surface area contributed by atoms with E-state index in [1.165, 1.54) is 34.9 Å². The van der Waals surface area contributed by atoms with Crippen LogP contribution < -0.4 is 0 Å². The molecule has 0 N–H and O–H groups in total. The number of esters is 1. The molecule has 2 atom stereocenters. The van der Waals surface area contributed by atoms with E-state index in [1.54, 1.807) is 6.92 Å². The van der Waals surface area contributed by atoms with Gasteiger partial charge in [-0.1, -0.05) is 13.8 Å². The first-order chi connectivity index (χ1) is 15.4. The van der Waals surface area contributed by atoms with Crippen LogP contribution >= 0.6 is 0 Å². The second-order valence-corrected chi connectivity index (χ2v) is 11.2. The summed E-state index contributed by atoms with van der Waals surface area (Å²) < 4.78 is 28.9. The molecule has 33 heavy (non-hydrogen) atoms. The van der Waals surface area contributed by atoms with Crippen molar-refractivity contribution in [1.82, 2.24) is 9.80 Å². The van der Waals surface area contributed by atoms with Crippen LogP contribution in [0.3, 0.4) is 0 Å². The number of ether oxygens (including phenoxy) is 1. The summed E-state index contributed by atoms with van der Waals surface area (Å²) in [5.41, 5.74) is 0.444. The van der Waals surface area contributed by atoms with E-state index in [0.717, 1.165) is 0 Å². The van der Waals surface area contributed by atoms with Gasteiger partial charge in [0.05, 0.1) is 28.2 Å². The maximum Gasteiger partial charge on any atom is 0.338 e. The number of amides is 3. The van der Waals surface area contributed by atoms with E-state index in [9.17, 15) is 27.6 Å². The lowest BCUT2D eigenvalue weighted by atomic mass is 10.1. The second-order valence-electron chi connectivity index (χ2n) is 8.93. The van der Waals surface area contributed by atoms with E-state index in [2.05, 4.69) is 0 Å². The maximum atomic E-state index is 12.8. The van der Waals surface area contributed by atoms with Crippen molar-refractivity contribution in [2.24, 2.45) is 5.92 Å². The van der Waals surface area contributed by atoms with Crippen molar-refractivity contribution in [2.45, 2.75) is 52.7 Å². The van der Waals surface area contributed by atoms with Gasteiger partial charge < -0.3 is 9.64 Å². The van der Waals surface area contributed by atoms with Crippen LogP contribution in [0.2, 0.25) is 0 Å². The Morgan fingerprint density at radius 1 is 1.15 bits per heavy atom. The van der Waals surface area contributed by atoms with E-state index in [0.29, 0.717) is 31.8 Å². The van der Waals surface area contributed by atoms with E-state index in [-0.39, 0.29) is 34.1 Å². The van der Waals surface area contributed by atoms with Gasteiger partial charge in [0.25, 0.3) is 17.7 Å². The van der Waals surface area contributed by atoms with Crippen molar-refractivity contribution in [1.29, 1.82) is 0 Å². The smallest absolute Gasteiger partial charge is 0.338 e. The first kappa shape index (κ1) is 24.9. The van der Waals surface area contributed by atoms with Gasteiger partial charge in [-0.15, -0.1) is 0 Å². The number of imide groups is 1. The van der Waals surface area contributed by atoms with Gasteiger partial charge in [0, 0.05) is 19.1 Å². The number of sulfone groups is 1. The lowest BCUT2D eigenvalue weighted by Gasteiger charge is -2.29. The van der Waals surface area contributed by atoms with Crippen molar-refractivity contribution >= 4 is 33.5 Å². The Hall–Kier alpha value is -2.75. The average molecular weight is 479 g/mol. The van der Waals surface area contributed by atoms with Gasteiger partial charge in [-0.3, -0.25) is 19.3 Å². The number of hydrogen-bond acceptors (Lipinski definition) is 7. The van der Waals surface area contributed by atoms with Gasteiger partial charge in [0.2, 0.25) is 0 Å². The fraction of sp³-hybridized carbons (Fsp3) is 0.565. The summed E-state index contributed by atoms with van der Waals surface area (Å²) in [5, 5.41) is 0. The molecule has 10 heteroatoms. The highest BCUT2D eigenvalue weighted by Gasteiger charge is 2.38. The number of benzene rings is 1. The first-order valence-electron chi connectivity index (χ1n) is 11.2. The Labute approximate surface area is 194 Å². The summed E-state index contributed by atoms with van der Waals surface area (Å²) in [5.74, 6) is -1.84. The van der Waals surface area contributed by atoms with Crippen molar-refractivity contribution < 1.29 is 32.3 Å². The molecule has 180 valence electrons. The number of fused-ring (bicyclic) bond motifs is 1. The highest BCUT2D eigenvalue weighted by Crippen LogP contribution is 2.25. The van der Waals surface area contributed by atoms with Gasteiger partial charge in [-0.25, -0.2) is 13.2 Å². The summed E-state index contributed by atoms with van der Waals surface area (Å²) in [6.45, 7) is 7.77. The molecule has 1 fully saturated rings. The van der Waals surface area contributed by atoms with Gasteiger partial charge in [-0.2, -0.15) is 0 Å². The Morgan fingerprint density at radius 2 is 1.82 bits per heavy atom. The van der Waals surface area contributed by atoms with Crippen LogP contribution in [0.4, 0.5) is 0 Å². The molecular formula is C23H30N2O7S. The maximum absolute atomic E-state index is 12.8. The van der Waals surface area contributed by atoms with Crippen LogP contribution in [0.5, 0.6) is 0 Å². The molecule has 2 heterocycles. The molecule has 0 bridgehead atoms. The lowest BCUT2D eigenvalue weighted by Crippen LogP contribution is -2.46. The Balaban J connectivity index is 1.69. The van der Waals surface area contributed by atoms with Gasteiger partial charge >= 0.3 is 5.97 Å². The van der Waals surface area contributed by atoms with Crippen LogP contribution in [-0.2, 0) is 19.4 Å². The van der Waals surface area contributed by atoms with E-state index in [4.69, 9.17) is 4.74 Å². The molecule has 0 radical (unpaired) electrons. The number of likely N-dealkylation sites (N-methyl/N-ethyl adjacent to an activating group) is 1. The quantitative estimate of drug-likeness (QED) is 0.414. The van der Waals surface area contributed by atoms with Crippen LogP contribution in [0.15, 0.2) is 18.2 Å². The average Bonchev–Trinajstić information content (AvgIpc) is 3.23. The molecular weight excluding hydrogens is 448 g/mol. The summed E-state index contributed by atoms with van der Waals surface area (Å²) in [7, 11) is -3.17. The molecule has 1 saturated heterocycles. The molecule has 0 aromatic heterocycles. The third-order valence-electron chi connectivity index (χ3n) is 6.04.